The summed E-state index contributed by atoms with van der Waals surface area (Å²) in [7, 11) is 0. The smallest absolute Gasteiger partial charge is 0.171 e. The van der Waals surface area contributed by atoms with Crippen LogP contribution in [0, 0.1) is 16.7 Å². The molecule has 1 spiro atoms. The molecule has 2 bridgehead atoms. The Balaban J connectivity index is 2.11. The maximum atomic E-state index is 12.8. The van der Waals surface area contributed by atoms with Crippen LogP contribution in [0.2, 0.25) is 0 Å². The van der Waals surface area contributed by atoms with Gasteiger partial charge >= 0.3 is 0 Å². The van der Waals surface area contributed by atoms with Crippen LogP contribution in [0.3, 0.4) is 0 Å². The SMILES string of the molecule is CC1(C)[C@H]2CC[C@](C)(C2)C(=O)[C@@]12CCCO2. The first-order valence-electron chi connectivity index (χ1n) is 6.61. The van der Waals surface area contributed by atoms with E-state index < -0.39 is 5.60 Å². The molecule has 0 aromatic carbocycles. The largest absolute Gasteiger partial charge is 0.367 e. The van der Waals surface area contributed by atoms with Crippen molar-refractivity contribution in [2.75, 3.05) is 6.61 Å². The van der Waals surface area contributed by atoms with Crippen molar-refractivity contribution in [2.24, 2.45) is 16.7 Å². The normalized spacial score (nSPS) is 50.2. The van der Waals surface area contributed by atoms with Crippen LogP contribution in [0.15, 0.2) is 0 Å². The van der Waals surface area contributed by atoms with E-state index in [2.05, 4.69) is 20.8 Å². The van der Waals surface area contributed by atoms with Crippen LogP contribution in [0.1, 0.15) is 52.9 Å². The second-order valence-corrected chi connectivity index (χ2v) is 6.83. The molecule has 2 heteroatoms. The summed E-state index contributed by atoms with van der Waals surface area (Å²) in [6, 6.07) is 0. The Hall–Kier alpha value is -0.370. The highest BCUT2D eigenvalue weighted by Gasteiger charge is 2.67. The lowest BCUT2D eigenvalue weighted by atomic mass is 9.55. The van der Waals surface area contributed by atoms with E-state index in [1.165, 1.54) is 6.42 Å². The van der Waals surface area contributed by atoms with Gasteiger partial charge in [0.25, 0.3) is 0 Å². The van der Waals surface area contributed by atoms with E-state index in [-0.39, 0.29) is 10.8 Å². The van der Waals surface area contributed by atoms with E-state index >= 15 is 0 Å². The Morgan fingerprint density at radius 3 is 2.62 bits per heavy atom. The Morgan fingerprint density at radius 1 is 1.25 bits per heavy atom. The maximum absolute atomic E-state index is 12.8. The van der Waals surface area contributed by atoms with Gasteiger partial charge in [-0.2, -0.15) is 0 Å². The van der Waals surface area contributed by atoms with Gasteiger partial charge in [-0.25, -0.2) is 0 Å². The molecule has 3 rings (SSSR count). The number of carbonyl (C=O) groups is 1. The van der Waals surface area contributed by atoms with E-state index in [0.29, 0.717) is 11.7 Å². The third-order valence-electron chi connectivity index (χ3n) is 5.74. The van der Waals surface area contributed by atoms with Gasteiger partial charge in [0, 0.05) is 17.4 Å². The molecule has 0 unspecified atom stereocenters. The minimum absolute atomic E-state index is 0.0383. The van der Waals surface area contributed by atoms with Crippen molar-refractivity contribution in [2.45, 2.75) is 58.5 Å². The van der Waals surface area contributed by atoms with Gasteiger partial charge in [-0.1, -0.05) is 20.8 Å². The quantitative estimate of drug-likeness (QED) is 0.630. The van der Waals surface area contributed by atoms with Crippen LogP contribution in [0.5, 0.6) is 0 Å². The minimum Gasteiger partial charge on any atom is -0.367 e. The van der Waals surface area contributed by atoms with Crippen molar-refractivity contribution in [1.82, 2.24) is 0 Å². The van der Waals surface area contributed by atoms with Gasteiger partial charge < -0.3 is 4.74 Å². The lowest BCUT2D eigenvalue weighted by Gasteiger charge is -2.52. The number of hydrogen-bond donors (Lipinski definition) is 0. The van der Waals surface area contributed by atoms with Crippen LogP contribution >= 0.6 is 0 Å². The molecule has 1 aliphatic heterocycles. The van der Waals surface area contributed by atoms with Crippen LogP contribution in [-0.4, -0.2) is 18.0 Å². The molecule has 2 aliphatic carbocycles. The van der Waals surface area contributed by atoms with E-state index in [0.717, 1.165) is 32.3 Å². The van der Waals surface area contributed by atoms with Gasteiger partial charge in [0.2, 0.25) is 0 Å². The molecule has 0 N–H and O–H groups in total. The van der Waals surface area contributed by atoms with Gasteiger partial charge in [-0.15, -0.1) is 0 Å². The zero-order valence-corrected chi connectivity index (χ0v) is 10.6. The summed E-state index contributed by atoms with van der Waals surface area (Å²) in [6.07, 6.45) is 5.37. The summed E-state index contributed by atoms with van der Waals surface area (Å²) in [5.41, 5.74) is -0.484. The zero-order valence-electron chi connectivity index (χ0n) is 10.6. The second-order valence-electron chi connectivity index (χ2n) is 6.83. The van der Waals surface area contributed by atoms with Crippen LogP contribution in [-0.2, 0) is 9.53 Å². The number of carbonyl (C=O) groups excluding carboxylic acids is 1. The summed E-state index contributed by atoms with van der Waals surface area (Å²) in [4.78, 5) is 12.8. The van der Waals surface area contributed by atoms with E-state index in [4.69, 9.17) is 4.74 Å². The van der Waals surface area contributed by atoms with E-state index in [9.17, 15) is 4.79 Å². The molecule has 0 aromatic heterocycles. The predicted octanol–water partition coefficient (Wildman–Crippen LogP) is 2.95. The van der Waals surface area contributed by atoms with Crippen LogP contribution in [0.25, 0.3) is 0 Å². The standard InChI is InChI=1S/C14H22O2/c1-12(2)10-5-7-13(3,9-10)11(15)14(12)6-4-8-16-14/h10H,4-9H2,1-3H3/t10-,13+,14-/m0/s1. The average Bonchev–Trinajstić information content (AvgIpc) is 2.82. The fraction of sp³-hybridized carbons (Fsp3) is 0.929. The Kier molecular flexibility index (Phi) is 1.95. The van der Waals surface area contributed by atoms with Gasteiger partial charge in [-0.05, 0) is 38.0 Å². The predicted molar refractivity (Wildman–Crippen MR) is 62.2 cm³/mol. The first-order chi connectivity index (χ1) is 7.42. The minimum atomic E-state index is -0.443. The number of hydrogen-bond acceptors (Lipinski definition) is 2. The molecule has 1 heterocycles. The van der Waals surface area contributed by atoms with Crippen molar-refractivity contribution < 1.29 is 9.53 Å². The first kappa shape index (κ1) is 10.8. The highest BCUT2D eigenvalue weighted by molar-refractivity contribution is 5.95. The number of rotatable bonds is 0. The molecular weight excluding hydrogens is 200 g/mol. The van der Waals surface area contributed by atoms with Crippen molar-refractivity contribution >= 4 is 5.78 Å². The highest BCUT2D eigenvalue weighted by atomic mass is 16.5. The van der Waals surface area contributed by atoms with Crippen molar-refractivity contribution in [3.8, 4) is 0 Å². The summed E-state index contributed by atoms with van der Waals surface area (Å²) in [5.74, 6) is 1.09. The lowest BCUT2D eigenvalue weighted by Crippen LogP contribution is -2.60. The second kappa shape index (κ2) is 2.90. The third kappa shape index (κ3) is 1.000. The molecular formula is C14H22O2. The maximum Gasteiger partial charge on any atom is 0.171 e. The summed E-state index contributed by atoms with van der Waals surface area (Å²) in [6.45, 7) is 7.45. The summed E-state index contributed by atoms with van der Waals surface area (Å²) >= 11 is 0. The zero-order chi connectivity index (χ0) is 11.6. The summed E-state index contributed by atoms with van der Waals surface area (Å²) in [5, 5.41) is 0. The molecule has 2 nitrogen and oxygen atoms in total. The molecule has 16 heavy (non-hydrogen) atoms. The van der Waals surface area contributed by atoms with Crippen molar-refractivity contribution in [3.63, 3.8) is 0 Å². The number of Topliss-reactive ketones (excluding diaryl/α,β-unsaturated/α-hetero) is 1. The number of ketones is 1. The fourth-order valence-corrected chi connectivity index (χ4v) is 4.50. The van der Waals surface area contributed by atoms with Crippen molar-refractivity contribution in [3.05, 3.63) is 0 Å². The van der Waals surface area contributed by atoms with Gasteiger partial charge in [-0.3, -0.25) is 4.79 Å². The summed E-state index contributed by atoms with van der Waals surface area (Å²) < 4.78 is 6.01. The molecule has 3 fully saturated rings. The Bertz CT molecular complexity index is 339. The molecule has 2 saturated carbocycles. The monoisotopic (exact) mass is 222 g/mol. The topological polar surface area (TPSA) is 26.3 Å². The Morgan fingerprint density at radius 2 is 2.00 bits per heavy atom. The third-order valence-corrected chi connectivity index (χ3v) is 5.74. The molecule has 3 atom stereocenters. The highest BCUT2D eigenvalue weighted by Crippen LogP contribution is 2.63. The molecule has 0 radical (unpaired) electrons. The average molecular weight is 222 g/mol. The molecule has 1 saturated heterocycles. The van der Waals surface area contributed by atoms with E-state index in [1.807, 2.05) is 0 Å². The molecule has 90 valence electrons. The van der Waals surface area contributed by atoms with Crippen LogP contribution in [0.4, 0.5) is 0 Å². The van der Waals surface area contributed by atoms with Crippen LogP contribution < -0.4 is 0 Å². The number of fused-ring (bicyclic) bond motifs is 2. The van der Waals surface area contributed by atoms with Gasteiger partial charge in [0.1, 0.15) is 5.60 Å². The van der Waals surface area contributed by atoms with Gasteiger partial charge in [0.05, 0.1) is 0 Å². The molecule has 3 aliphatic rings. The first-order valence-corrected chi connectivity index (χ1v) is 6.61. The lowest BCUT2D eigenvalue weighted by molar-refractivity contribution is -0.177. The number of ether oxygens (including phenoxy) is 1. The molecule has 0 aromatic rings. The fourth-order valence-electron chi connectivity index (χ4n) is 4.50. The molecule has 0 amide bonds. The van der Waals surface area contributed by atoms with Gasteiger partial charge in [0.15, 0.2) is 5.78 Å². The Labute approximate surface area is 97.7 Å². The van der Waals surface area contributed by atoms with Crippen molar-refractivity contribution in [1.29, 1.82) is 0 Å². The van der Waals surface area contributed by atoms with E-state index in [1.54, 1.807) is 0 Å².